The van der Waals surface area contributed by atoms with Crippen molar-refractivity contribution in [2.75, 3.05) is 0 Å². The highest BCUT2D eigenvalue weighted by atomic mass is 35.5. The molecule has 1 aromatic carbocycles. The molecule has 2 rings (SSSR count). The first kappa shape index (κ1) is 9.43. The molecule has 6 heteroatoms. The first-order chi connectivity index (χ1) is 6.68. The Kier molecular flexibility index (Phi) is 2.39. The molecule has 0 radical (unpaired) electrons. The van der Waals surface area contributed by atoms with Gasteiger partial charge >= 0.3 is 0 Å². The highest BCUT2D eigenvalue weighted by Crippen LogP contribution is 2.30. The minimum Gasteiger partial charge on any atom is -0.205 e. The van der Waals surface area contributed by atoms with Crippen molar-refractivity contribution in [1.29, 1.82) is 0 Å². The molecular formula is C8H4Cl2FN3. The fourth-order valence-electron chi connectivity index (χ4n) is 1.05. The summed E-state index contributed by atoms with van der Waals surface area (Å²) in [6, 6.07) is 2.56. The molecule has 1 heterocycles. The summed E-state index contributed by atoms with van der Waals surface area (Å²) >= 11 is 11.4. The third-order valence-corrected chi connectivity index (χ3v) is 2.30. The largest absolute Gasteiger partial charge is 0.205 e. The van der Waals surface area contributed by atoms with E-state index in [-0.39, 0.29) is 5.02 Å². The number of nitrogens with one attached hydrogen (secondary N) is 1. The van der Waals surface area contributed by atoms with Crippen LogP contribution in [0.25, 0.3) is 11.3 Å². The van der Waals surface area contributed by atoms with Crippen LogP contribution in [0.4, 0.5) is 4.39 Å². The Hall–Kier alpha value is -1.13. The molecule has 0 saturated heterocycles. The normalized spacial score (nSPS) is 10.5. The van der Waals surface area contributed by atoms with Crippen LogP contribution in [0.2, 0.25) is 10.0 Å². The van der Waals surface area contributed by atoms with Crippen molar-refractivity contribution in [3.63, 3.8) is 0 Å². The molecule has 0 unspecified atom stereocenters. The van der Waals surface area contributed by atoms with E-state index in [1.54, 1.807) is 0 Å². The molecule has 0 aliphatic carbocycles. The van der Waals surface area contributed by atoms with E-state index in [0.717, 1.165) is 0 Å². The second kappa shape index (κ2) is 3.55. The minimum atomic E-state index is -0.533. The highest BCUT2D eigenvalue weighted by Gasteiger charge is 2.10. The van der Waals surface area contributed by atoms with Crippen LogP contribution >= 0.6 is 23.2 Å². The van der Waals surface area contributed by atoms with Crippen LogP contribution in [0.3, 0.4) is 0 Å². The number of halogens is 3. The average molecular weight is 232 g/mol. The van der Waals surface area contributed by atoms with Crippen molar-refractivity contribution >= 4 is 23.2 Å². The summed E-state index contributed by atoms with van der Waals surface area (Å²) in [5, 5.41) is 10.1. The quantitative estimate of drug-likeness (QED) is 0.768. The monoisotopic (exact) mass is 231 g/mol. The Morgan fingerprint density at radius 3 is 2.64 bits per heavy atom. The number of hydrogen-bond acceptors (Lipinski definition) is 2. The molecule has 0 atom stereocenters. The molecule has 1 aromatic heterocycles. The van der Waals surface area contributed by atoms with Crippen molar-refractivity contribution < 1.29 is 4.39 Å². The van der Waals surface area contributed by atoms with E-state index < -0.39 is 5.82 Å². The molecule has 72 valence electrons. The summed E-state index contributed by atoms with van der Waals surface area (Å²) in [5.41, 5.74) is 0.938. The second-order valence-corrected chi connectivity index (χ2v) is 3.42. The van der Waals surface area contributed by atoms with Gasteiger partial charge in [-0.25, -0.2) is 4.39 Å². The highest BCUT2D eigenvalue weighted by molar-refractivity contribution is 6.36. The van der Waals surface area contributed by atoms with E-state index in [1.165, 1.54) is 18.3 Å². The van der Waals surface area contributed by atoms with E-state index in [0.29, 0.717) is 16.3 Å². The van der Waals surface area contributed by atoms with Gasteiger partial charge in [-0.3, -0.25) is 0 Å². The standard InChI is InChI=1S/C8H4Cl2FN3/c9-5-2-6(10)7(11)1-4(5)8-3-12-14-13-8/h1-3H,(H,12,13,14). The van der Waals surface area contributed by atoms with Crippen LogP contribution in [0.15, 0.2) is 18.3 Å². The number of hydrogen-bond donors (Lipinski definition) is 1. The predicted molar refractivity (Wildman–Crippen MR) is 51.8 cm³/mol. The average Bonchev–Trinajstić information content (AvgIpc) is 2.64. The number of aromatic nitrogens is 3. The number of nitrogens with zero attached hydrogens (tertiary/aromatic N) is 2. The lowest BCUT2D eigenvalue weighted by Gasteiger charge is -2.01. The van der Waals surface area contributed by atoms with Gasteiger partial charge < -0.3 is 0 Å². The van der Waals surface area contributed by atoms with Crippen molar-refractivity contribution in [2.24, 2.45) is 0 Å². The fourth-order valence-corrected chi connectivity index (χ4v) is 1.53. The summed E-state index contributed by atoms with van der Waals surface area (Å²) in [6.07, 6.45) is 1.45. The van der Waals surface area contributed by atoms with E-state index in [9.17, 15) is 4.39 Å². The molecule has 2 aromatic rings. The third kappa shape index (κ3) is 1.58. The molecule has 0 aliphatic rings. The summed E-state index contributed by atoms with van der Waals surface area (Å²) in [6.45, 7) is 0. The fraction of sp³-hybridized carbons (Fsp3) is 0. The van der Waals surface area contributed by atoms with Crippen molar-refractivity contribution in [1.82, 2.24) is 15.4 Å². The summed E-state index contributed by atoms with van der Waals surface area (Å²) in [5.74, 6) is -0.533. The lowest BCUT2D eigenvalue weighted by Crippen LogP contribution is -1.84. The molecule has 3 nitrogen and oxygen atoms in total. The van der Waals surface area contributed by atoms with Gasteiger partial charge in [-0.15, -0.1) is 0 Å². The van der Waals surface area contributed by atoms with Gasteiger partial charge in [-0.05, 0) is 12.1 Å². The van der Waals surface area contributed by atoms with E-state index in [2.05, 4.69) is 15.4 Å². The zero-order valence-electron chi connectivity index (χ0n) is 6.76. The van der Waals surface area contributed by atoms with Gasteiger partial charge in [0.15, 0.2) is 0 Å². The van der Waals surface area contributed by atoms with Gasteiger partial charge in [0.25, 0.3) is 0 Å². The Morgan fingerprint density at radius 2 is 2.00 bits per heavy atom. The second-order valence-electron chi connectivity index (χ2n) is 2.60. The predicted octanol–water partition coefficient (Wildman–Crippen LogP) is 2.92. The Labute approximate surface area is 88.8 Å². The van der Waals surface area contributed by atoms with Crippen molar-refractivity contribution in [3.8, 4) is 11.3 Å². The van der Waals surface area contributed by atoms with Gasteiger partial charge in [-0.1, -0.05) is 23.2 Å². The molecule has 0 aliphatic heterocycles. The van der Waals surface area contributed by atoms with Gasteiger partial charge in [0, 0.05) is 5.56 Å². The minimum absolute atomic E-state index is 0.0118. The Morgan fingerprint density at radius 1 is 1.21 bits per heavy atom. The van der Waals surface area contributed by atoms with E-state index in [1.807, 2.05) is 0 Å². The van der Waals surface area contributed by atoms with E-state index >= 15 is 0 Å². The van der Waals surface area contributed by atoms with Crippen LogP contribution in [-0.4, -0.2) is 15.4 Å². The molecule has 0 fully saturated rings. The number of benzene rings is 1. The first-order valence-corrected chi connectivity index (χ1v) is 4.45. The van der Waals surface area contributed by atoms with Gasteiger partial charge in [0.1, 0.15) is 11.5 Å². The maximum Gasteiger partial charge on any atom is 0.142 e. The molecular weight excluding hydrogens is 228 g/mol. The summed E-state index contributed by atoms with van der Waals surface area (Å²) < 4.78 is 13.1. The topological polar surface area (TPSA) is 41.6 Å². The smallest absolute Gasteiger partial charge is 0.142 e. The maximum absolute atomic E-state index is 13.1. The van der Waals surface area contributed by atoms with Crippen LogP contribution < -0.4 is 0 Å². The number of aromatic amines is 1. The van der Waals surface area contributed by atoms with Gasteiger partial charge in [0.05, 0.1) is 16.2 Å². The van der Waals surface area contributed by atoms with Crippen LogP contribution in [0.1, 0.15) is 0 Å². The molecule has 0 bridgehead atoms. The lowest BCUT2D eigenvalue weighted by molar-refractivity contribution is 0.628. The van der Waals surface area contributed by atoms with Crippen molar-refractivity contribution in [2.45, 2.75) is 0 Å². The zero-order valence-corrected chi connectivity index (χ0v) is 8.27. The number of H-pyrrole nitrogens is 1. The van der Waals surface area contributed by atoms with Crippen LogP contribution in [-0.2, 0) is 0 Å². The summed E-state index contributed by atoms with van der Waals surface area (Å²) in [7, 11) is 0. The van der Waals surface area contributed by atoms with Crippen LogP contribution in [0.5, 0.6) is 0 Å². The third-order valence-electron chi connectivity index (χ3n) is 1.70. The van der Waals surface area contributed by atoms with Gasteiger partial charge in [0.2, 0.25) is 0 Å². The van der Waals surface area contributed by atoms with Gasteiger partial charge in [-0.2, -0.15) is 15.4 Å². The summed E-state index contributed by atoms with van der Waals surface area (Å²) in [4.78, 5) is 0. The molecule has 1 N–H and O–H groups in total. The zero-order chi connectivity index (χ0) is 10.1. The maximum atomic E-state index is 13.1. The van der Waals surface area contributed by atoms with Crippen molar-refractivity contribution in [3.05, 3.63) is 34.2 Å². The number of rotatable bonds is 1. The Balaban J connectivity index is 2.60. The molecule has 14 heavy (non-hydrogen) atoms. The molecule has 0 amide bonds. The van der Waals surface area contributed by atoms with E-state index in [4.69, 9.17) is 23.2 Å². The molecule has 0 saturated carbocycles. The lowest BCUT2D eigenvalue weighted by atomic mass is 10.1. The first-order valence-electron chi connectivity index (χ1n) is 3.69. The Bertz CT molecular complexity index is 456. The van der Waals surface area contributed by atoms with Crippen LogP contribution in [0, 0.1) is 5.82 Å². The SMILES string of the molecule is Fc1cc(-c2cn[nH]n2)c(Cl)cc1Cl. The molecule has 0 spiro atoms.